The molecule has 5 N–H and O–H groups in total. The van der Waals surface area contributed by atoms with E-state index < -0.39 is 29.4 Å². The van der Waals surface area contributed by atoms with Gasteiger partial charge in [-0.2, -0.15) is 4.39 Å². The van der Waals surface area contributed by atoms with E-state index in [0.717, 1.165) is 6.07 Å². The molecule has 0 aliphatic carbocycles. The zero-order valence-corrected chi connectivity index (χ0v) is 12.8. The van der Waals surface area contributed by atoms with Crippen molar-refractivity contribution < 1.29 is 33.2 Å². The Morgan fingerprint density at radius 3 is 2.22 bits per heavy atom. The maximum Gasteiger partial charge on any atom is 0.492 e. The standard InChI is InChI=1S/C13H12F3NO4.C2H6/c1-2-5-3-6(17)4-7-8(5)12(21-13(16,19)20)10(15)11(18)9(7)14;1-2/h3-4,18-20H,2,17H2,1H3;1-2H3. The molecule has 0 heterocycles. The second-order valence-electron chi connectivity index (χ2n) is 4.39. The highest BCUT2D eigenvalue weighted by atomic mass is 19.2. The van der Waals surface area contributed by atoms with Crippen LogP contribution in [0, 0.1) is 11.6 Å². The van der Waals surface area contributed by atoms with Crippen LogP contribution in [-0.2, 0) is 6.42 Å². The smallest absolute Gasteiger partial charge is 0.492 e. The molecule has 2 aromatic carbocycles. The number of phenolic OH excluding ortho intramolecular Hbond substituents is 1. The Morgan fingerprint density at radius 1 is 1.17 bits per heavy atom. The maximum atomic E-state index is 13.9. The Morgan fingerprint density at radius 2 is 1.74 bits per heavy atom. The van der Waals surface area contributed by atoms with Gasteiger partial charge in [-0.3, -0.25) is 0 Å². The Bertz CT molecular complexity index is 714. The highest BCUT2D eigenvalue weighted by Gasteiger charge is 2.31. The molecule has 128 valence electrons. The average Bonchev–Trinajstić information content (AvgIpc) is 2.49. The first-order valence-corrected chi connectivity index (χ1v) is 6.90. The van der Waals surface area contributed by atoms with Crippen LogP contribution in [0.15, 0.2) is 12.1 Å². The minimum absolute atomic E-state index is 0.134. The summed E-state index contributed by atoms with van der Waals surface area (Å²) in [5.41, 5.74) is 5.99. The van der Waals surface area contributed by atoms with Crippen LogP contribution in [0.3, 0.4) is 0 Å². The van der Waals surface area contributed by atoms with Crippen molar-refractivity contribution in [3.63, 3.8) is 0 Å². The molecule has 23 heavy (non-hydrogen) atoms. The Labute approximate surface area is 130 Å². The van der Waals surface area contributed by atoms with Gasteiger partial charge >= 0.3 is 6.23 Å². The van der Waals surface area contributed by atoms with Crippen molar-refractivity contribution in [2.45, 2.75) is 33.4 Å². The first-order chi connectivity index (χ1) is 10.7. The van der Waals surface area contributed by atoms with Crippen LogP contribution < -0.4 is 10.5 Å². The normalized spacial score (nSPS) is 11.1. The van der Waals surface area contributed by atoms with E-state index in [2.05, 4.69) is 4.74 Å². The first-order valence-electron chi connectivity index (χ1n) is 6.90. The third-order valence-electron chi connectivity index (χ3n) is 2.93. The lowest BCUT2D eigenvalue weighted by Crippen LogP contribution is -2.29. The zero-order valence-electron chi connectivity index (χ0n) is 12.8. The molecule has 8 heteroatoms. The fourth-order valence-corrected chi connectivity index (χ4v) is 2.11. The van der Waals surface area contributed by atoms with Crippen molar-refractivity contribution in [2.75, 3.05) is 5.73 Å². The van der Waals surface area contributed by atoms with Crippen LogP contribution in [-0.4, -0.2) is 21.5 Å². The monoisotopic (exact) mass is 333 g/mol. The van der Waals surface area contributed by atoms with Gasteiger partial charge in [0.15, 0.2) is 17.3 Å². The lowest BCUT2D eigenvalue weighted by Gasteiger charge is -2.18. The molecule has 0 aliphatic rings. The summed E-state index contributed by atoms with van der Waals surface area (Å²) < 4.78 is 44.8. The quantitative estimate of drug-likeness (QED) is 0.512. The van der Waals surface area contributed by atoms with Gasteiger partial charge in [0.05, 0.1) is 0 Å². The second kappa shape index (κ2) is 6.93. The number of hydrogen-bond acceptors (Lipinski definition) is 5. The molecule has 5 nitrogen and oxygen atoms in total. The molecule has 0 atom stereocenters. The van der Waals surface area contributed by atoms with Crippen LogP contribution in [0.2, 0.25) is 0 Å². The van der Waals surface area contributed by atoms with E-state index in [4.69, 9.17) is 15.9 Å². The van der Waals surface area contributed by atoms with E-state index in [1.807, 2.05) is 13.8 Å². The number of aliphatic hydroxyl groups is 2. The number of aryl methyl sites for hydroxylation is 1. The van der Waals surface area contributed by atoms with Crippen LogP contribution in [0.5, 0.6) is 11.5 Å². The highest BCUT2D eigenvalue weighted by molar-refractivity contribution is 5.95. The summed E-state index contributed by atoms with van der Waals surface area (Å²) in [4.78, 5) is 0. The van der Waals surface area contributed by atoms with Gasteiger partial charge in [-0.1, -0.05) is 20.8 Å². The van der Waals surface area contributed by atoms with E-state index in [9.17, 15) is 18.3 Å². The van der Waals surface area contributed by atoms with Crippen LogP contribution in [0.25, 0.3) is 10.8 Å². The summed E-state index contributed by atoms with van der Waals surface area (Å²) in [7, 11) is 0. The molecular weight excluding hydrogens is 315 g/mol. The predicted molar refractivity (Wildman–Crippen MR) is 79.6 cm³/mol. The summed E-state index contributed by atoms with van der Waals surface area (Å²) in [6.45, 7) is 5.64. The molecule has 2 aromatic rings. The molecule has 0 radical (unpaired) electrons. The van der Waals surface area contributed by atoms with Crippen molar-refractivity contribution >= 4 is 16.5 Å². The maximum absolute atomic E-state index is 13.9. The third kappa shape index (κ3) is 3.77. The number of phenols is 1. The molecule has 0 fully saturated rings. The zero-order chi connectivity index (χ0) is 17.9. The number of aromatic hydroxyl groups is 1. The second-order valence-corrected chi connectivity index (χ2v) is 4.39. The number of nitrogens with two attached hydrogens (primary N) is 1. The summed E-state index contributed by atoms with van der Waals surface area (Å²) in [6, 6.07) is 2.46. The van der Waals surface area contributed by atoms with Crippen molar-refractivity contribution in [1.29, 1.82) is 0 Å². The van der Waals surface area contributed by atoms with Crippen molar-refractivity contribution in [3.05, 3.63) is 29.3 Å². The lowest BCUT2D eigenvalue weighted by atomic mass is 9.99. The van der Waals surface area contributed by atoms with E-state index in [-0.39, 0.29) is 28.4 Å². The van der Waals surface area contributed by atoms with Crippen molar-refractivity contribution in [3.8, 4) is 11.5 Å². The first kappa shape index (κ1) is 18.9. The number of alkyl halides is 1. The molecule has 0 aromatic heterocycles. The number of rotatable bonds is 3. The van der Waals surface area contributed by atoms with Gasteiger partial charge in [0, 0.05) is 16.5 Å². The Balaban J connectivity index is 0.00000127. The van der Waals surface area contributed by atoms with Crippen LogP contribution >= 0.6 is 0 Å². The summed E-state index contributed by atoms with van der Waals surface area (Å²) in [5, 5.41) is 26.1. The van der Waals surface area contributed by atoms with Gasteiger partial charge in [-0.05, 0) is 24.1 Å². The van der Waals surface area contributed by atoms with E-state index in [0.29, 0.717) is 0 Å². The van der Waals surface area contributed by atoms with Crippen molar-refractivity contribution in [2.24, 2.45) is 0 Å². The molecule has 0 amide bonds. The topological polar surface area (TPSA) is 95.9 Å². The van der Waals surface area contributed by atoms with E-state index >= 15 is 0 Å². The number of anilines is 1. The van der Waals surface area contributed by atoms with Gasteiger partial charge in [-0.15, -0.1) is 4.39 Å². The van der Waals surface area contributed by atoms with Gasteiger partial charge in [0.2, 0.25) is 5.82 Å². The molecule has 0 bridgehead atoms. The molecule has 0 saturated heterocycles. The molecule has 0 spiro atoms. The predicted octanol–water partition coefficient (Wildman–Crippen LogP) is 2.94. The number of fused-ring (bicyclic) bond motifs is 1. The van der Waals surface area contributed by atoms with Gasteiger partial charge in [-0.25, -0.2) is 4.39 Å². The van der Waals surface area contributed by atoms with Gasteiger partial charge in [0.1, 0.15) is 0 Å². The van der Waals surface area contributed by atoms with Crippen molar-refractivity contribution in [1.82, 2.24) is 0 Å². The van der Waals surface area contributed by atoms with Crippen LogP contribution in [0.1, 0.15) is 26.3 Å². The molecule has 0 unspecified atom stereocenters. The highest BCUT2D eigenvalue weighted by Crippen LogP contribution is 2.42. The van der Waals surface area contributed by atoms with E-state index in [1.165, 1.54) is 6.07 Å². The molecular formula is C15H18F3NO4. The fraction of sp³-hybridized carbons (Fsp3) is 0.333. The summed E-state index contributed by atoms with van der Waals surface area (Å²) >= 11 is 0. The van der Waals surface area contributed by atoms with Gasteiger partial charge in [0.25, 0.3) is 0 Å². The molecule has 2 rings (SSSR count). The number of hydrogen-bond donors (Lipinski definition) is 4. The summed E-state index contributed by atoms with van der Waals surface area (Å²) in [5.74, 6) is -5.41. The summed E-state index contributed by atoms with van der Waals surface area (Å²) in [6.07, 6.45) is -3.94. The number of benzene rings is 2. The average molecular weight is 333 g/mol. The van der Waals surface area contributed by atoms with E-state index in [1.54, 1.807) is 6.92 Å². The Kier molecular flexibility index (Phi) is 5.68. The largest absolute Gasteiger partial charge is 0.503 e. The van der Waals surface area contributed by atoms with Gasteiger partial charge < -0.3 is 25.8 Å². The van der Waals surface area contributed by atoms with Crippen LogP contribution in [0.4, 0.5) is 18.9 Å². The number of ether oxygens (including phenoxy) is 1. The molecule has 0 saturated carbocycles. The lowest BCUT2D eigenvalue weighted by molar-refractivity contribution is -0.375. The minimum Gasteiger partial charge on any atom is -0.503 e. The minimum atomic E-state index is -4.19. The number of halogens is 3. The molecule has 0 aliphatic heterocycles. The number of nitrogen functional groups attached to an aromatic ring is 1. The third-order valence-corrected chi connectivity index (χ3v) is 2.93. The Hall–Kier alpha value is -2.19. The SMILES string of the molecule is CC.CCc1cc(N)cc2c(F)c(O)c(F)c(OC(O)(O)F)c12. The fourth-order valence-electron chi connectivity index (χ4n) is 2.11.